The van der Waals surface area contributed by atoms with Crippen LogP contribution >= 0.6 is 28.1 Å². The van der Waals surface area contributed by atoms with Crippen LogP contribution in [0.4, 0.5) is 15.9 Å². The highest BCUT2D eigenvalue weighted by Crippen LogP contribution is 2.21. The van der Waals surface area contributed by atoms with Crippen molar-refractivity contribution in [3.63, 3.8) is 0 Å². The first-order valence-corrected chi connectivity index (χ1v) is 9.38. The fraction of sp³-hybridized carbons (Fsp3) is 0.158. The second kappa shape index (κ2) is 8.42. The third-order valence-electron chi connectivity index (χ3n) is 3.86. The molecule has 26 heavy (non-hydrogen) atoms. The fourth-order valence-corrected chi connectivity index (χ4v) is 3.09. The third-order valence-corrected chi connectivity index (χ3v) is 4.64. The lowest BCUT2D eigenvalue weighted by molar-refractivity contribution is 0.586. The summed E-state index contributed by atoms with van der Waals surface area (Å²) in [7, 11) is 0. The minimum absolute atomic E-state index is 0.249. The molecule has 0 saturated heterocycles. The molecule has 0 fully saturated rings. The molecule has 134 valence electrons. The van der Waals surface area contributed by atoms with E-state index in [1.165, 1.54) is 11.6 Å². The van der Waals surface area contributed by atoms with E-state index in [2.05, 4.69) is 50.7 Å². The molecule has 2 N–H and O–H groups in total. The molecule has 2 aromatic carbocycles. The molecule has 0 unspecified atom stereocenters. The highest BCUT2D eigenvalue weighted by atomic mass is 79.9. The second-order valence-corrected chi connectivity index (χ2v) is 7.01. The van der Waals surface area contributed by atoms with E-state index in [9.17, 15) is 4.39 Å². The summed E-state index contributed by atoms with van der Waals surface area (Å²) in [6.45, 7) is 2.45. The molecule has 1 aromatic heterocycles. The molecule has 0 aliphatic carbocycles. The molecular weight excluding hydrogens is 415 g/mol. The van der Waals surface area contributed by atoms with E-state index < -0.39 is 0 Å². The number of nitrogens with one attached hydrogen (secondary N) is 2. The van der Waals surface area contributed by atoms with Crippen molar-refractivity contribution in [1.82, 2.24) is 9.78 Å². The summed E-state index contributed by atoms with van der Waals surface area (Å²) in [5.41, 5.74) is 2.75. The van der Waals surface area contributed by atoms with Gasteiger partial charge in [-0.1, -0.05) is 37.3 Å². The van der Waals surface area contributed by atoms with Crippen LogP contribution in [0.1, 0.15) is 18.1 Å². The van der Waals surface area contributed by atoms with E-state index in [4.69, 9.17) is 12.2 Å². The molecule has 0 aliphatic heterocycles. The van der Waals surface area contributed by atoms with Crippen LogP contribution in [0, 0.1) is 5.82 Å². The van der Waals surface area contributed by atoms with Gasteiger partial charge in [-0.3, -0.25) is 4.68 Å². The largest absolute Gasteiger partial charge is 0.332 e. The summed E-state index contributed by atoms with van der Waals surface area (Å²) in [6, 6.07) is 14.7. The fourth-order valence-electron chi connectivity index (χ4n) is 2.46. The Morgan fingerprint density at radius 1 is 1.15 bits per heavy atom. The van der Waals surface area contributed by atoms with Gasteiger partial charge < -0.3 is 10.6 Å². The van der Waals surface area contributed by atoms with Crippen LogP contribution in [-0.4, -0.2) is 14.9 Å². The number of benzene rings is 2. The monoisotopic (exact) mass is 432 g/mol. The maximum atomic E-state index is 13.8. The van der Waals surface area contributed by atoms with Gasteiger partial charge in [0.2, 0.25) is 0 Å². The van der Waals surface area contributed by atoms with Gasteiger partial charge in [0.15, 0.2) is 10.9 Å². The summed E-state index contributed by atoms with van der Waals surface area (Å²) in [5, 5.41) is 11.0. The van der Waals surface area contributed by atoms with Crippen LogP contribution in [0.5, 0.6) is 0 Å². The Morgan fingerprint density at radius 3 is 2.58 bits per heavy atom. The van der Waals surface area contributed by atoms with Gasteiger partial charge in [0.1, 0.15) is 5.82 Å². The Morgan fingerprint density at radius 2 is 1.88 bits per heavy atom. The molecule has 3 aromatic rings. The lowest BCUT2D eigenvalue weighted by Crippen LogP contribution is -2.19. The van der Waals surface area contributed by atoms with Crippen LogP contribution in [-0.2, 0) is 13.0 Å². The van der Waals surface area contributed by atoms with Gasteiger partial charge in [-0.2, -0.15) is 5.10 Å². The number of thiocarbonyl (C=S) groups is 1. The number of anilines is 2. The van der Waals surface area contributed by atoms with E-state index in [1.807, 2.05) is 12.1 Å². The molecule has 0 spiro atoms. The number of aromatic nitrogens is 2. The van der Waals surface area contributed by atoms with Gasteiger partial charge in [-0.05, 0) is 58.3 Å². The molecule has 4 nitrogen and oxygen atoms in total. The van der Waals surface area contributed by atoms with E-state index in [1.54, 1.807) is 29.1 Å². The summed E-state index contributed by atoms with van der Waals surface area (Å²) in [6.07, 6.45) is 2.78. The van der Waals surface area contributed by atoms with Crippen molar-refractivity contribution < 1.29 is 4.39 Å². The van der Waals surface area contributed by atoms with Crippen molar-refractivity contribution in [2.24, 2.45) is 0 Å². The summed E-state index contributed by atoms with van der Waals surface area (Å²) >= 11 is 8.80. The molecule has 0 bridgehead atoms. The van der Waals surface area contributed by atoms with Crippen LogP contribution in [0.25, 0.3) is 0 Å². The average Bonchev–Trinajstić information content (AvgIpc) is 2.96. The molecule has 0 atom stereocenters. The SMILES string of the molecule is CCc1ccc(NC(=S)Nc2nn(Cc3ccccc3F)cc2Br)cc1. The maximum Gasteiger partial charge on any atom is 0.176 e. The number of nitrogens with zero attached hydrogens (tertiary/aromatic N) is 2. The van der Waals surface area contributed by atoms with Gasteiger partial charge in [-0.25, -0.2) is 4.39 Å². The van der Waals surface area contributed by atoms with Crippen molar-refractivity contribution in [3.8, 4) is 0 Å². The number of halogens is 2. The van der Waals surface area contributed by atoms with Gasteiger partial charge in [0.25, 0.3) is 0 Å². The predicted molar refractivity (Wildman–Crippen MR) is 111 cm³/mol. The van der Waals surface area contributed by atoms with Gasteiger partial charge in [0.05, 0.1) is 11.0 Å². The lowest BCUT2D eigenvalue weighted by atomic mass is 10.1. The van der Waals surface area contributed by atoms with E-state index in [0.29, 0.717) is 23.0 Å². The highest BCUT2D eigenvalue weighted by molar-refractivity contribution is 9.10. The summed E-state index contributed by atoms with van der Waals surface area (Å²) in [5.74, 6) is 0.324. The average molecular weight is 433 g/mol. The van der Waals surface area contributed by atoms with Gasteiger partial charge >= 0.3 is 0 Å². The number of rotatable bonds is 5. The zero-order valence-electron chi connectivity index (χ0n) is 14.2. The zero-order chi connectivity index (χ0) is 18.5. The first kappa shape index (κ1) is 18.5. The number of hydrogen-bond donors (Lipinski definition) is 2. The van der Waals surface area contributed by atoms with Gasteiger partial charge in [0, 0.05) is 17.4 Å². The molecule has 0 saturated carbocycles. The van der Waals surface area contributed by atoms with Crippen molar-refractivity contribution in [2.75, 3.05) is 10.6 Å². The maximum absolute atomic E-state index is 13.8. The predicted octanol–water partition coefficient (Wildman–Crippen LogP) is 5.20. The van der Waals surface area contributed by atoms with Crippen molar-refractivity contribution in [1.29, 1.82) is 0 Å². The number of hydrogen-bond acceptors (Lipinski definition) is 2. The molecule has 0 aliphatic rings. The quantitative estimate of drug-likeness (QED) is 0.543. The normalized spacial score (nSPS) is 10.6. The third kappa shape index (κ3) is 4.68. The molecule has 0 radical (unpaired) electrons. The first-order valence-electron chi connectivity index (χ1n) is 8.18. The van der Waals surface area contributed by atoms with E-state index in [-0.39, 0.29) is 5.82 Å². The Bertz CT molecular complexity index is 908. The van der Waals surface area contributed by atoms with Crippen LogP contribution < -0.4 is 10.6 Å². The van der Waals surface area contributed by atoms with Crippen molar-refractivity contribution >= 4 is 44.8 Å². The molecule has 3 rings (SSSR count). The van der Waals surface area contributed by atoms with Crippen LogP contribution in [0.2, 0.25) is 0 Å². The Labute approximate surface area is 165 Å². The highest BCUT2D eigenvalue weighted by Gasteiger charge is 2.10. The second-order valence-electron chi connectivity index (χ2n) is 5.74. The molecule has 0 amide bonds. The van der Waals surface area contributed by atoms with Gasteiger partial charge in [-0.15, -0.1) is 0 Å². The molecular formula is C19H18BrFN4S. The topological polar surface area (TPSA) is 41.9 Å². The number of aryl methyl sites for hydroxylation is 1. The van der Waals surface area contributed by atoms with Crippen molar-refractivity contribution in [3.05, 3.63) is 76.1 Å². The first-order chi connectivity index (χ1) is 12.5. The van der Waals surface area contributed by atoms with Crippen LogP contribution in [0.15, 0.2) is 59.2 Å². The van der Waals surface area contributed by atoms with E-state index in [0.717, 1.165) is 16.6 Å². The Kier molecular flexibility index (Phi) is 6.00. The molecule has 7 heteroatoms. The smallest absolute Gasteiger partial charge is 0.176 e. The summed E-state index contributed by atoms with van der Waals surface area (Å²) in [4.78, 5) is 0. The van der Waals surface area contributed by atoms with Crippen LogP contribution in [0.3, 0.4) is 0 Å². The van der Waals surface area contributed by atoms with Crippen molar-refractivity contribution in [2.45, 2.75) is 19.9 Å². The van der Waals surface area contributed by atoms with E-state index >= 15 is 0 Å². The zero-order valence-corrected chi connectivity index (χ0v) is 16.6. The lowest BCUT2D eigenvalue weighted by Gasteiger charge is -2.09. The Hall–Kier alpha value is -2.25. The Balaban J connectivity index is 1.65. The minimum atomic E-state index is -0.249. The minimum Gasteiger partial charge on any atom is -0.332 e. The standard InChI is InChI=1S/C19H18BrFN4S/c1-2-13-7-9-15(10-8-13)22-19(26)23-18-16(20)12-25(24-18)11-14-5-3-4-6-17(14)21/h3-10,12H,2,11H2,1H3,(H2,22,23,24,26). The molecule has 1 heterocycles. The summed E-state index contributed by atoms with van der Waals surface area (Å²) < 4.78 is 16.2.